The molecular weight excluding hydrogens is 282 g/mol. The van der Waals surface area contributed by atoms with Crippen LogP contribution < -0.4 is 15.4 Å². The minimum atomic E-state index is -3.78. The molecule has 20 heavy (non-hydrogen) atoms. The van der Waals surface area contributed by atoms with Crippen LogP contribution in [0.1, 0.15) is 16.8 Å². The first kappa shape index (κ1) is 14.5. The van der Waals surface area contributed by atoms with Crippen LogP contribution in [-0.4, -0.2) is 39.1 Å². The summed E-state index contributed by atoms with van der Waals surface area (Å²) in [7, 11) is -2.29. The zero-order chi connectivity index (χ0) is 14.9. The van der Waals surface area contributed by atoms with Crippen LogP contribution in [0.5, 0.6) is 0 Å². The van der Waals surface area contributed by atoms with E-state index < -0.39 is 15.3 Å². The molecule has 0 saturated carbocycles. The van der Waals surface area contributed by atoms with E-state index in [0.29, 0.717) is 11.3 Å². The first-order valence-corrected chi connectivity index (χ1v) is 7.58. The number of nitrogens with one attached hydrogen (secondary N) is 1. The molecule has 1 aliphatic rings. The number of benzene rings is 1. The maximum Gasteiger partial charge on any atom is 0.253 e. The first-order chi connectivity index (χ1) is 9.34. The Morgan fingerprint density at radius 3 is 2.60 bits per heavy atom. The number of carbonyl (C=O) groups excluding carboxylic acids is 2. The van der Waals surface area contributed by atoms with Gasteiger partial charge in [0.1, 0.15) is 5.25 Å². The van der Waals surface area contributed by atoms with Crippen LogP contribution in [0.2, 0.25) is 0 Å². The van der Waals surface area contributed by atoms with E-state index in [1.54, 1.807) is 24.3 Å². The number of sulfonamides is 1. The van der Waals surface area contributed by atoms with Crippen molar-refractivity contribution in [2.75, 3.05) is 18.5 Å². The van der Waals surface area contributed by atoms with Gasteiger partial charge in [0.15, 0.2) is 0 Å². The zero-order valence-corrected chi connectivity index (χ0v) is 11.7. The molecule has 0 radical (unpaired) electrons. The van der Waals surface area contributed by atoms with Crippen molar-refractivity contribution in [3.63, 3.8) is 0 Å². The van der Waals surface area contributed by atoms with E-state index >= 15 is 0 Å². The molecule has 108 valence electrons. The maximum absolute atomic E-state index is 12.0. The molecule has 0 aliphatic carbocycles. The molecule has 1 saturated heterocycles. The van der Waals surface area contributed by atoms with E-state index in [4.69, 9.17) is 5.14 Å². The number of para-hydroxylation sites is 1. The summed E-state index contributed by atoms with van der Waals surface area (Å²) in [5.41, 5.74) is 0.710. The van der Waals surface area contributed by atoms with Crippen LogP contribution in [0.4, 0.5) is 5.69 Å². The van der Waals surface area contributed by atoms with Crippen LogP contribution in [-0.2, 0) is 14.8 Å². The minimum absolute atomic E-state index is 0.0360. The molecule has 1 aromatic carbocycles. The predicted octanol–water partition coefficient (Wildman–Crippen LogP) is -0.560. The molecule has 3 N–H and O–H groups in total. The second kappa shape index (κ2) is 5.22. The van der Waals surface area contributed by atoms with E-state index in [-0.39, 0.29) is 24.8 Å². The van der Waals surface area contributed by atoms with Crippen molar-refractivity contribution < 1.29 is 18.0 Å². The number of carbonyl (C=O) groups is 2. The number of primary sulfonamides is 1. The van der Waals surface area contributed by atoms with Crippen LogP contribution in [0.25, 0.3) is 0 Å². The van der Waals surface area contributed by atoms with E-state index in [0.717, 1.165) is 0 Å². The molecule has 1 aromatic rings. The highest BCUT2D eigenvalue weighted by atomic mass is 32.2. The highest BCUT2D eigenvalue weighted by Crippen LogP contribution is 2.27. The third kappa shape index (κ3) is 2.66. The Kier molecular flexibility index (Phi) is 3.78. The van der Waals surface area contributed by atoms with Gasteiger partial charge in [0.2, 0.25) is 15.9 Å². The summed E-state index contributed by atoms with van der Waals surface area (Å²) in [5.74, 6) is -0.701. The molecule has 2 rings (SSSR count). The Labute approximate surface area is 116 Å². The summed E-state index contributed by atoms with van der Waals surface area (Å²) in [4.78, 5) is 25.0. The van der Waals surface area contributed by atoms with Gasteiger partial charge in [-0.3, -0.25) is 9.59 Å². The minimum Gasteiger partial charge on any atom is -0.355 e. The third-order valence-corrected chi connectivity index (χ3v) is 4.47. The Morgan fingerprint density at radius 2 is 2.05 bits per heavy atom. The molecule has 1 heterocycles. The number of nitrogens with zero attached hydrogens (tertiary/aromatic N) is 1. The number of anilines is 1. The maximum atomic E-state index is 12.0. The largest absolute Gasteiger partial charge is 0.355 e. The fourth-order valence-electron chi connectivity index (χ4n) is 2.16. The van der Waals surface area contributed by atoms with Gasteiger partial charge in [0, 0.05) is 20.0 Å². The standard InChI is InChI=1S/C12H15N3O4S/c1-14-12(17)9-4-2-3-5-10(9)15-7-8(6-11(15)16)20(13,18)19/h2-5,8H,6-7H2,1H3,(H,14,17)(H2,13,18,19). The Bertz CT molecular complexity index is 656. The summed E-state index contributed by atoms with van der Waals surface area (Å²) in [6.45, 7) is -0.0360. The summed E-state index contributed by atoms with van der Waals surface area (Å²) < 4.78 is 22.7. The summed E-state index contributed by atoms with van der Waals surface area (Å²) in [6, 6.07) is 6.53. The lowest BCUT2D eigenvalue weighted by Crippen LogP contribution is -2.33. The van der Waals surface area contributed by atoms with Crippen molar-refractivity contribution in [2.45, 2.75) is 11.7 Å². The molecule has 7 nitrogen and oxygen atoms in total. The summed E-state index contributed by atoms with van der Waals surface area (Å²) in [6.07, 6.45) is -0.166. The molecule has 0 aromatic heterocycles. The average molecular weight is 297 g/mol. The fraction of sp³-hybridized carbons (Fsp3) is 0.333. The third-order valence-electron chi connectivity index (χ3n) is 3.22. The molecule has 2 amide bonds. The summed E-state index contributed by atoms with van der Waals surface area (Å²) >= 11 is 0. The SMILES string of the molecule is CNC(=O)c1ccccc1N1CC(S(N)(=O)=O)CC1=O. The van der Waals surface area contributed by atoms with Gasteiger partial charge in [-0.15, -0.1) is 0 Å². The van der Waals surface area contributed by atoms with E-state index in [2.05, 4.69) is 5.32 Å². The van der Waals surface area contributed by atoms with E-state index in [1.807, 2.05) is 0 Å². The van der Waals surface area contributed by atoms with Crippen molar-refractivity contribution in [2.24, 2.45) is 5.14 Å². The van der Waals surface area contributed by atoms with Crippen molar-refractivity contribution >= 4 is 27.5 Å². The van der Waals surface area contributed by atoms with Crippen LogP contribution >= 0.6 is 0 Å². The monoisotopic (exact) mass is 297 g/mol. The quantitative estimate of drug-likeness (QED) is 0.779. The van der Waals surface area contributed by atoms with Crippen molar-refractivity contribution in [3.8, 4) is 0 Å². The lowest BCUT2D eigenvalue weighted by Gasteiger charge is -2.19. The van der Waals surface area contributed by atoms with E-state index in [1.165, 1.54) is 11.9 Å². The number of rotatable bonds is 3. The molecule has 1 fully saturated rings. The van der Waals surface area contributed by atoms with E-state index in [9.17, 15) is 18.0 Å². The lowest BCUT2D eigenvalue weighted by molar-refractivity contribution is -0.117. The highest BCUT2D eigenvalue weighted by Gasteiger charge is 2.38. The number of amides is 2. The number of nitrogens with two attached hydrogens (primary N) is 1. The van der Waals surface area contributed by atoms with Crippen molar-refractivity contribution in [1.29, 1.82) is 0 Å². The van der Waals surface area contributed by atoms with Crippen LogP contribution in [0.15, 0.2) is 24.3 Å². The molecule has 1 aliphatic heterocycles. The van der Waals surface area contributed by atoms with Crippen molar-refractivity contribution in [1.82, 2.24) is 5.32 Å². The molecule has 0 bridgehead atoms. The fourth-order valence-corrected chi connectivity index (χ4v) is 2.90. The van der Waals surface area contributed by atoms with Crippen LogP contribution in [0.3, 0.4) is 0 Å². The lowest BCUT2D eigenvalue weighted by atomic mass is 10.1. The normalized spacial score (nSPS) is 19.2. The Morgan fingerprint density at radius 1 is 1.40 bits per heavy atom. The molecule has 0 spiro atoms. The summed E-state index contributed by atoms with van der Waals surface area (Å²) in [5, 5.41) is 6.63. The molecule has 1 unspecified atom stereocenters. The van der Waals surface area contributed by atoms with Gasteiger partial charge in [0.05, 0.1) is 11.3 Å². The van der Waals surface area contributed by atoms with Gasteiger partial charge < -0.3 is 10.2 Å². The predicted molar refractivity (Wildman–Crippen MR) is 73.7 cm³/mol. The first-order valence-electron chi connectivity index (χ1n) is 5.97. The van der Waals surface area contributed by atoms with Gasteiger partial charge in [-0.2, -0.15) is 0 Å². The van der Waals surface area contributed by atoms with Gasteiger partial charge in [-0.25, -0.2) is 13.6 Å². The molecule has 8 heteroatoms. The number of hydrogen-bond donors (Lipinski definition) is 2. The number of hydrogen-bond acceptors (Lipinski definition) is 4. The Balaban J connectivity index is 2.38. The molecular formula is C12H15N3O4S. The van der Waals surface area contributed by atoms with Crippen molar-refractivity contribution in [3.05, 3.63) is 29.8 Å². The second-order valence-electron chi connectivity index (χ2n) is 4.52. The topological polar surface area (TPSA) is 110 Å². The van der Waals surface area contributed by atoms with Crippen LogP contribution in [0, 0.1) is 0 Å². The Hall–Kier alpha value is -1.93. The zero-order valence-electron chi connectivity index (χ0n) is 10.9. The highest BCUT2D eigenvalue weighted by molar-refractivity contribution is 7.89. The average Bonchev–Trinajstić information content (AvgIpc) is 2.80. The van der Waals surface area contributed by atoms with Gasteiger partial charge >= 0.3 is 0 Å². The smallest absolute Gasteiger partial charge is 0.253 e. The van der Waals surface area contributed by atoms with Gasteiger partial charge in [0.25, 0.3) is 5.91 Å². The van der Waals surface area contributed by atoms with Gasteiger partial charge in [-0.1, -0.05) is 12.1 Å². The second-order valence-corrected chi connectivity index (χ2v) is 6.36. The molecule has 1 atom stereocenters. The van der Waals surface area contributed by atoms with Gasteiger partial charge in [-0.05, 0) is 12.1 Å².